The van der Waals surface area contributed by atoms with Crippen molar-refractivity contribution in [1.29, 1.82) is 0 Å². The van der Waals surface area contributed by atoms with Crippen molar-refractivity contribution in [2.75, 3.05) is 16.4 Å². The molecule has 7 nitrogen and oxygen atoms in total. The van der Waals surface area contributed by atoms with Crippen LogP contribution in [0, 0.1) is 0 Å². The van der Waals surface area contributed by atoms with Crippen LogP contribution in [0.1, 0.15) is 25.5 Å². The van der Waals surface area contributed by atoms with Crippen LogP contribution in [-0.4, -0.2) is 21.1 Å². The predicted octanol–water partition coefficient (Wildman–Crippen LogP) is 4.98. The number of amides is 1. The molecule has 3 aromatic carbocycles. The third-order valence-corrected chi connectivity index (χ3v) is 7.21. The first-order chi connectivity index (χ1) is 15.3. The van der Waals surface area contributed by atoms with Crippen LogP contribution in [0.5, 0.6) is 11.5 Å². The summed E-state index contributed by atoms with van der Waals surface area (Å²) in [6.07, 6.45) is 0. The monoisotopic (exact) mass is 472 g/mol. The summed E-state index contributed by atoms with van der Waals surface area (Å²) in [7, 11) is -3.98. The molecule has 0 bridgehead atoms. The molecule has 32 heavy (non-hydrogen) atoms. The average Bonchev–Trinajstić information content (AvgIpc) is 3.22. The number of halogens is 1. The van der Waals surface area contributed by atoms with Crippen molar-refractivity contribution in [2.45, 2.75) is 24.8 Å². The largest absolute Gasteiger partial charge is 0.454 e. The van der Waals surface area contributed by atoms with E-state index in [1.807, 2.05) is 0 Å². The number of ether oxygens (including phenoxy) is 2. The number of nitrogens with one attached hydrogen (secondary N) is 1. The highest BCUT2D eigenvalue weighted by Gasteiger charge is 2.31. The normalized spacial score (nSPS) is 13.5. The van der Waals surface area contributed by atoms with Crippen molar-refractivity contribution in [3.63, 3.8) is 0 Å². The Kier molecular flexibility index (Phi) is 5.99. The lowest BCUT2D eigenvalue weighted by Crippen LogP contribution is -2.33. The van der Waals surface area contributed by atoms with Crippen LogP contribution < -0.4 is 19.1 Å². The second-order valence-electron chi connectivity index (χ2n) is 7.27. The first-order valence-electron chi connectivity index (χ1n) is 9.83. The summed E-state index contributed by atoms with van der Waals surface area (Å²) < 4.78 is 39.7. The Bertz CT molecular complexity index is 1240. The van der Waals surface area contributed by atoms with Gasteiger partial charge < -0.3 is 14.8 Å². The molecule has 166 valence electrons. The van der Waals surface area contributed by atoms with Gasteiger partial charge in [-0.3, -0.25) is 9.10 Å². The number of carbonyl (C=O) groups excluding carboxylic acids is 1. The van der Waals surface area contributed by atoms with E-state index in [1.165, 1.54) is 23.4 Å². The fourth-order valence-corrected chi connectivity index (χ4v) is 5.26. The summed E-state index contributed by atoms with van der Waals surface area (Å²) in [5, 5.41) is 3.20. The quantitative estimate of drug-likeness (QED) is 0.546. The maximum Gasteiger partial charge on any atom is 0.264 e. The SMILES string of the molecule is CC(=O)Nc1ccc(S(=O)(=O)N(c2ccc3c(c2)OCO3)C(C)c2ccc(Cl)cc2)cc1. The zero-order chi connectivity index (χ0) is 22.9. The standard InChI is InChI=1S/C23H21ClN2O5S/c1-15(17-3-5-18(24)6-4-17)26(20-9-12-22-23(13-20)31-14-30-22)32(28,29)21-10-7-19(8-11-21)25-16(2)27/h3-13,15H,14H2,1-2H3,(H,25,27). The van der Waals surface area contributed by atoms with Crippen molar-refractivity contribution in [3.05, 3.63) is 77.3 Å². The summed E-state index contributed by atoms with van der Waals surface area (Å²) in [6.45, 7) is 3.28. The van der Waals surface area contributed by atoms with E-state index >= 15 is 0 Å². The predicted molar refractivity (Wildman–Crippen MR) is 123 cm³/mol. The van der Waals surface area contributed by atoms with Gasteiger partial charge in [0.2, 0.25) is 12.7 Å². The number of anilines is 2. The second kappa shape index (κ2) is 8.72. The van der Waals surface area contributed by atoms with Gasteiger partial charge in [0, 0.05) is 23.7 Å². The molecule has 0 radical (unpaired) electrons. The van der Waals surface area contributed by atoms with Crippen LogP contribution in [0.2, 0.25) is 5.02 Å². The molecule has 1 aliphatic rings. The van der Waals surface area contributed by atoms with E-state index in [2.05, 4.69) is 5.32 Å². The number of nitrogens with zero attached hydrogens (tertiary/aromatic N) is 1. The number of sulfonamides is 1. The van der Waals surface area contributed by atoms with Crippen LogP contribution in [-0.2, 0) is 14.8 Å². The third kappa shape index (κ3) is 4.37. The van der Waals surface area contributed by atoms with Gasteiger partial charge in [-0.2, -0.15) is 0 Å². The number of hydrogen-bond acceptors (Lipinski definition) is 5. The van der Waals surface area contributed by atoms with Crippen LogP contribution >= 0.6 is 11.6 Å². The molecule has 0 aliphatic carbocycles. The lowest BCUT2D eigenvalue weighted by molar-refractivity contribution is -0.114. The van der Waals surface area contributed by atoms with Gasteiger partial charge in [0.05, 0.1) is 16.6 Å². The van der Waals surface area contributed by atoms with Gasteiger partial charge in [0.25, 0.3) is 10.0 Å². The maximum atomic E-state index is 13.8. The van der Waals surface area contributed by atoms with Gasteiger partial charge in [0.15, 0.2) is 11.5 Å². The highest BCUT2D eigenvalue weighted by Crippen LogP contribution is 2.40. The smallest absolute Gasteiger partial charge is 0.264 e. The van der Waals surface area contributed by atoms with Crippen LogP contribution in [0.3, 0.4) is 0 Å². The number of fused-ring (bicyclic) bond motifs is 1. The minimum absolute atomic E-state index is 0.0862. The summed E-state index contributed by atoms with van der Waals surface area (Å²) in [4.78, 5) is 11.4. The van der Waals surface area contributed by atoms with Gasteiger partial charge in [0.1, 0.15) is 0 Å². The molecular weight excluding hydrogens is 452 g/mol. The summed E-state index contributed by atoms with van der Waals surface area (Å²) in [6, 6.07) is 17.6. The molecular formula is C23H21ClN2O5S. The van der Waals surface area contributed by atoms with E-state index in [9.17, 15) is 13.2 Å². The number of benzene rings is 3. The fraction of sp³-hybridized carbons (Fsp3) is 0.174. The number of rotatable bonds is 6. The van der Waals surface area contributed by atoms with Gasteiger partial charge in [-0.15, -0.1) is 0 Å². The van der Waals surface area contributed by atoms with Crippen LogP contribution in [0.25, 0.3) is 0 Å². The third-order valence-electron chi connectivity index (χ3n) is 5.05. The fourth-order valence-electron chi connectivity index (χ4n) is 3.50. The topological polar surface area (TPSA) is 84.9 Å². The molecule has 4 rings (SSSR count). The molecule has 1 aliphatic heterocycles. The molecule has 0 spiro atoms. The average molecular weight is 473 g/mol. The van der Waals surface area contributed by atoms with E-state index in [0.29, 0.717) is 27.9 Å². The van der Waals surface area contributed by atoms with Crippen molar-refractivity contribution < 1.29 is 22.7 Å². The number of hydrogen-bond donors (Lipinski definition) is 1. The number of carbonyl (C=O) groups is 1. The van der Waals surface area contributed by atoms with E-state index in [0.717, 1.165) is 5.56 Å². The Balaban J connectivity index is 1.79. The van der Waals surface area contributed by atoms with Gasteiger partial charge >= 0.3 is 0 Å². The van der Waals surface area contributed by atoms with Crippen molar-refractivity contribution in [2.24, 2.45) is 0 Å². The zero-order valence-corrected chi connectivity index (χ0v) is 19.0. The second-order valence-corrected chi connectivity index (χ2v) is 9.52. The Morgan fingerprint density at radius 3 is 2.31 bits per heavy atom. The highest BCUT2D eigenvalue weighted by atomic mass is 35.5. The minimum Gasteiger partial charge on any atom is -0.454 e. The van der Waals surface area contributed by atoms with Gasteiger partial charge in [-0.1, -0.05) is 23.7 Å². The van der Waals surface area contributed by atoms with Crippen LogP contribution in [0.4, 0.5) is 11.4 Å². The van der Waals surface area contributed by atoms with Gasteiger partial charge in [-0.25, -0.2) is 8.42 Å². The molecule has 0 saturated carbocycles. The molecule has 9 heteroatoms. The van der Waals surface area contributed by atoms with Crippen molar-refractivity contribution >= 4 is 38.9 Å². The molecule has 0 aromatic heterocycles. The van der Waals surface area contributed by atoms with Gasteiger partial charge in [-0.05, 0) is 61.0 Å². The Morgan fingerprint density at radius 2 is 1.66 bits per heavy atom. The maximum absolute atomic E-state index is 13.8. The van der Waals surface area contributed by atoms with Crippen molar-refractivity contribution in [1.82, 2.24) is 0 Å². The molecule has 0 fully saturated rings. The van der Waals surface area contributed by atoms with E-state index in [-0.39, 0.29) is 17.6 Å². The first kappa shape index (κ1) is 22.0. The molecule has 1 heterocycles. The van der Waals surface area contributed by atoms with E-state index in [4.69, 9.17) is 21.1 Å². The van der Waals surface area contributed by atoms with Crippen molar-refractivity contribution in [3.8, 4) is 11.5 Å². The molecule has 1 N–H and O–H groups in total. The molecule has 3 aromatic rings. The summed E-state index contributed by atoms with van der Waals surface area (Å²) in [5.41, 5.74) is 1.71. The van der Waals surface area contributed by atoms with E-state index < -0.39 is 16.1 Å². The minimum atomic E-state index is -3.98. The molecule has 1 atom stereocenters. The molecule has 1 unspecified atom stereocenters. The highest BCUT2D eigenvalue weighted by molar-refractivity contribution is 7.92. The summed E-state index contributed by atoms with van der Waals surface area (Å²) in [5.74, 6) is 0.802. The Labute approximate surface area is 191 Å². The Morgan fingerprint density at radius 1 is 1.00 bits per heavy atom. The molecule has 1 amide bonds. The zero-order valence-electron chi connectivity index (χ0n) is 17.4. The lowest BCUT2D eigenvalue weighted by Gasteiger charge is -2.31. The van der Waals surface area contributed by atoms with Crippen LogP contribution in [0.15, 0.2) is 71.6 Å². The first-order valence-corrected chi connectivity index (χ1v) is 11.6. The Hall–Kier alpha value is -3.23. The van der Waals surface area contributed by atoms with E-state index in [1.54, 1.807) is 61.5 Å². The summed E-state index contributed by atoms with van der Waals surface area (Å²) >= 11 is 6.02. The lowest BCUT2D eigenvalue weighted by atomic mass is 10.1. The molecule has 0 saturated heterocycles.